The lowest BCUT2D eigenvalue weighted by molar-refractivity contribution is 0.604. The van der Waals surface area contributed by atoms with Crippen LogP contribution >= 0.6 is 0 Å². The monoisotopic (exact) mass is 283 g/mol. The number of rotatable bonds is 3. The predicted octanol–water partition coefficient (Wildman–Crippen LogP) is 4.24. The molecule has 0 aliphatic heterocycles. The first kappa shape index (κ1) is 14.3. The van der Waals surface area contributed by atoms with Crippen LogP contribution in [0.2, 0.25) is 0 Å². The minimum Gasteiger partial charge on any atom is -0.309 e. The molecule has 1 N–H and O–H groups in total. The van der Waals surface area contributed by atoms with Crippen molar-refractivity contribution < 1.29 is 4.39 Å². The van der Waals surface area contributed by atoms with Crippen molar-refractivity contribution in [3.8, 4) is 0 Å². The Morgan fingerprint density at radius 3 is 2.29 bits per heavy atom. The van der Waals surface area contributed by atoms with Gasteiger partial charge in [0.2, 0.25) is 0 Å². The van der Waals surface area contributed by atoms with E-state index in [1.54, 1.807) is 0 Å². The molecule has 0 spiro atoms. The molecule has 2 aromatic carbocycles. The molecule has 0 heterocycles. The van der Waals surface area contributed by atoms with Gasteiger partial charge in [-0.1, -0.05) is 30.3 Å². The molecule has 1 atom stereocenters. The van der Waals surface area contributed by atoms with E-state index < -0.39 is 0 Å². The fraction of sp³-hybridized carbons (Fsp3) is 0.368. The summed E-state index contributed by atoms with van der Waals surface area (Å²) in [6, 6.07) is 10.8. The van der Waals surface area contributed by atoms with Gasteiger partial charge in [-0.15, -0.1) is 0 Å². The number of aryl methyl sites for hydroxylation is 4. The number of fused-ring (bicyclic) bond motifs is 1. The zero-order valence-corrected chi connectivity index (χ0v) is 13.0. The van der Waals surface area contributed by atoms with Crippen molar-refractivity contribution in [2.45, 2.75) is 39.2 Å². The van der Waals surface area contributed by atoms with Gasteiger partial charge in [0.1, 0.15) is 5.82 Å². The van der Waals surface area contributed by atoms with E-state index in [4.69, 9.17) is 0 Å². The summed E-state index contributed by atoms with van der Waals surface area (Å²) in [5.41, 5.74) is 6.79. The Morgan fingerprint density at radius 2 is 1.62 bits per heavy atom. The highest BCUT2D eigenvalue weighted by molar-refractivity contribution is 5.42. The first-order valence-electron chi connectivity index (χ1n) is 7.65. The summed E-state index contributed by atoms with van der Waals surface area (Å²) >= 11 is 0. The van der Waals surface area contributed by atoms with E-state index in [1.807, 2.05) is 33.0 Å². The maximum absolute atomic E-state index is 13.8. The minimum atomic E-state index is -0.0949. The molecule has 110 valence electrons. The molecule has 0 fully saturated rings. The topological polar surface area (TPSA) is 12.0 Å². The number of benzene rings is 2. The molecule has 3 rings (SSSR count). The van der Waals surface area contributed by atoms with Crippen LogP contribution in [0.1, 0.15) is 45.8 Å². The third-order valence-electron chi connectivity index (χ3n) is 4.54. The Kier molecular flexibility index (Phi) is 3.81. The zero-order valence-electron chi connectivity index (χ0n) is 13.0. The average Bonchev–Trinajstić information content (AvgIpc) is 2.93. The smallest absolute Gasteiger partial charge is 0.129 e. The van der Waals surface area contributed by atoms with Gasteiger partial charge in [0.25, 0.3) is 0 Å². The summed E-state index contributed by atoms with van der Waals surface area (Å²) in [5.74, 6) is -0.0949. The lowest BCUT2D eigenvalue weighted by atomic mass is 9.93. The molecule has 0 bridgehead atoms. The van der Waals surface area contributed by atoms with Crippen molar-refractivity contribution in [1.29, 1.82) is 0 Å². The summed E-state index contributed by atoms with van der Waals surface area (Å²) < 4.78 is 13.8. The van der Waals surface area contributed by atoms with Gasteiger partial charge < -0.3 is 5.32 Å². The second-order valence-electron chi connectivity index (χ2n) is 6.07. The molecule has 2 heteroatoms. The van der Waals surface area contributed by atoms with Crippen LogP contribution in [0.3, 0.4) is 0 Å². The van der Waals surface area contributed by atoms with E-state index in [0.717, 1.165) is 5.56 Å². The van der Waals surface area contributed by atoms with Crippen molar-refractivity contribution in [2.24, 2.45) is 0 Å². The van der Waals surface area contributed by atoms with Gasteiger partial charge in [-0.05, 0) is 73.5 Å². The van der Waals surface area contributed by atoms with Crippen LogP contribution in [-0.2, 0) is 12.8 Å². The van der Waals surface area contributed by atoms with Gasteiger partial charge in [-0.2, -0.15) is 0 Å². The van der Waals surface area contributed by atoms with Gasteiger partial charge in [-0.25, -0.2) is 4.39 Å². The van der Waals surface area contributed by atoms with E-state index in [1.165, 1.54) is 36.0 Å². The molecule has 1 aliphatic carbocycles. The van der Waals surface area contributed by atoms with Crippen LogP contribution < -0.4 is 5.32 Å². The second-order valence-corrected chi connectivity index (χ2v) is 6.07. The van der Waals surface area contributed by atoms with E-state index in [-0.39, 0.29) is 11.9 Å². The minimum absolute atomic E-state index is 0.0949. The SMILES string of the molecule is CNC(c1cc(C)c(F)c(C)c1)c1ccc2c(c1)CCC2. The van der Waals surface area contributed by atoms with Crippen LogP contribution in [0.15, 0.2) is 30.3 Å². The Hall–Kier alpha value is -1.67. The van der Waals surface area contributed by atoms with Gasteiger partial charge in [0.05, 0.1) is 6.04 Å². The molecule has 1 aliphatic rings. The molecule has 0 saturated heterocycles. The third-order valence-corrected chi connectivity index (χ3v) is 4.54. The van der Waals surface area contributed by atoms with Crippen molar-refractivity contribution in [3.05, 3.63) is 69.5 Å². The molecular formula is C19H22FN. The molecule has 21 heavy (non-hydrogen) atoms. The zero-order chi connectivity index (χ0) is 15.0. The molecule has 0 saturated carbocycles. The molecule has 1 nitrogen and oxygen atoms in total. The van der Waals surface area contributed by atoms with Crippen molar-refractivity contribution in [1.82, 2.24) is 5.32 Å². The number of nitrogens with one attached hydrogen (secondary N) is 1. The van der Waals surface area contributed by atoms with Crippen LogP contribution in [0, 0.1) is 19.7 Å². The quantitative estimate of drug-likeness (QED) is 0.888. The van der Waals surface area contributed by atoms with Crippen molar-refractivity contribution >= 4 is 0 Å². The number of halogens is 1. The van der Waals surface area contributed by atoms with Gasteiger partial charge in [-0.3, -0.25) is 0 Å². The lowest BCUT2D eigenvalue weighted by Gasteiger charge is -2.20. The lowest BCUT2D eigenvalue weighted by Crippen LogP contribution is -2.18. The largest absolute Gasteiger partial charge is 0.309 e. The summed E-state index contributed by atoms with van der Waals surface area (Å²) in [6.45, 7) is 3.67. The summed E-state index contributed by atoms with van der Waals surface area (Å²) in [4.78, 5) is 0. The van der Waals surface area contributed by atoms with Crippen LogP contribution in [0.5, 0.6) is 0 Å². The highest BCUT2D eigenvalue weighted by Crippen LogP contribution is 2.29. The van der Waals surface area contributed by atoms with E-state index in [2.05, 4.69) is 23.5 Å². The average molecular weight is 283 g/mol. The summed E-state index contributed by atoms with van der Waals surface area (Å²) in [7, 11) is 1.96. The fourth-order valence-electron chi connectivity index (χ4n) is 3.44. The molecule has 1 unspecified atom stereocenters. The van der Waals surface area contributed by atoms with Gasteiger partial charge in [0.15, 0.2) is 0 Å². The highest BCUT2D eigenvalue weighted by Gasteiger charge is 2.18. The predicted molar refractivity (Wildman–Crippen MR) is 85.2 cm³/mol. The Labute approximate surface area is 126 Å². The van der Waals surface area contributed by atoms with Gasteiger partial charge >= 0.3 is 0 Å². The molecule has 2 aromatic rings. The first-order chi connectivity index (χ1) is 10.1. The summed E-state index contributed by atoms with van der Waals surface area (Å²) in [5, 5.41) is 3.38. The molecule has 0 aromatic heterocycles. The third kappa shape index (κ3) is 2.60. The van der Waals surface area contributed by atoms with Gasteiger partial charge in [0, 0.05) is 0 Å². The normalized spacial score (nSPS) is 15.0. The molecule has 0 radical (unpaired) electrons. The fourth-order valence-corrected chi connectivity index (χ4v) is 3.44. The highest BCUT2D eigenvalue weighted by atomic mass is 19.1. The first-order valence-corrected chi connectivity index (χ1v) is 7.65. The summed E-state index contributed by atoms with van der Waals surface area (Å²) in [6.07, 6.45) is 3.65. The van der Waals surface area contributed by atoms with Crippen LogP contribution in [0.25, 0.3) is 0 Å². The standard InChI is InChI=1S/C19H22FN/c1-12-9-17(10-13(2)18(12)20)19(21-3)16-8-7-14-5-4-6-15(14)11-16/h7-11,19,21H,4-6H2,1-3H3. The molecular weight excluding hydrogens is 261 g/mol. The van der Waals surface area contributed by atoms with E-state index in [0.29, 0.717) is 11.1 Å². The van der Waals surface area contributed by atoms with Crippen molar-refractivity contribution in [3.63, 3.8) is 0 Å². The molecule has 0 amide bonds. The Morgan fingerprint density at radius 1 is 0.952 bits per heavy atom. The Balaban J connectivity index is 2.02. The van der Waals surface area contributed by atoms with E-state index >= 15 is 0 Å². The van der Waals surface area contributed by atoms with Crippen molar-refractivity contribution in [2.75, 3.05) is 7.05 Å². The van der Waals surface area contributed by atoms with E-state index in [9.17, 15) is 4.39 Å². The number of hydrogen-bond donors (Lipinski definition) is 1. The van der Waals surface area contributed by atoms with Crippen LogP contribution in [0.4, 0.5) is 4.39 Å². The second kappa shape index (κ2) is 5.61. The Bertz CT molecular complexity index is 652. The van der Waals surface area contributed by atoms with Crippen LogP contribution in [-0.4, -0.2) is 7.05 Å². The maximum atomic E-state index is 13.8. The number of hydrogen-bond acceptors (Lipinski definition) is 1. The maximum Gasteiger partial charge on any atom is 0.129 e.